The molecule has 1 saturated carbocycles. The van der Waals surface area contributed by atoms with Crippen LogP contribution >= 0.6 is 11.3 Å². The Morgan fingerprint density at radius 2 is 2.08 bits per heavy atom. The Morgan fingerprint density at radius 1 is 1.36 bits per heavy atom. The van der Waals surface area contributed by atoms with Crippen molar-refractivity contribution in [3.05, 3.63) is 16.1 Å². The zero-order valence-corrected chi connectivity index (χ0v) is 15.8. The number of ether oxygens (including phenoxy) is 1. The molecule has 0 unspecified atom stereocenters. The number of amides is 2. The molecule has 2 rings (SSSR count). The van der Waals surface area contributed by atoms with Crippen LogP contribution in [0.15, 0.2) is 5.38 Å². The van der Waals surface area contributed by atoms with Crippen LogP contribution in [0.4, 0.5) is 4.79 Å². The number of hydrogen-bond donors (Lipinski definition) is 3. The molecule has 1 fully saturated rings. The van der Waals surface area contributed by atoms with Crippen LogP contribution < -0.4 is 10.6 Å². The molecule has 0 saturated heterocycles. The number of carbonyl (C=O) groups excluding carboxylic acids is 2. The first-order chi connectivity index (χ1) is 11.7. The van der Waals surface area contributed by atoms with Crippen molar-refractivity contribution in [3.8, 4) is 0 Å². The van der Waals surface area contributed by atoms with Crippen LogP contribution in [-0.2, 0) is 11.2 Å². The minimum absolute atomic E-state index is 0.194. The third kappa shape index (κ3) is 6.62. The van der Waals surface area contributed by atoms with E-state index in [4.69, 9.17) is 4.74 Å². The van der Waals surface area contributed by atoms with Gasteiger partial charge in [0.05, 0.1) is 17.2 Å². The number of carbonyl (C=O) groups is 2. The average molecular weight is 369 g/mol. The molecule has 140 valence electrons. The van der Waals surface area contributed by atoms with E-state index in [0.717, 1.165) is 30.7 Å². The molecule has 8 heteroatoms. The molecule has 1 heterocycles. The highest BCUT2D eigenvalue weighted by Gasteiger charge is 2.25. The van der Waals surface area contributed by atoms with Gasteiger partial charge in [-0.25, -0.2) is 9.78 Å². The number of aliphatic hydroxyl groups is 1. The molecule has 1 aliphatic carbocycles. The Balaban J connectivity index is 1.77. The van der Waals surface area contributed by atoms with Gasteiger partial charge in [0.15, 0.2) is 0 Å². The van der Waals surface area contributed by atoms with Gasteiger partial charge in [0.2, 0.25) is 0 Å². The molecule has 7 nitrogen and oxygen atoms in total. The first-order valence-electron chi connectivity index (χ1n) is 8.65. The second kappa shape index (κ2) is 8.62. The maximum atomic E-state index is 12.2. The van der Waals surface area contributed by atoms with E-state index in [0.29, 0.717) is 18.7 Å². The summed E-state index contributed by atoms with van der Waals surface area (Å²) >= 11 is 1.38. The summed E-state index contributed by atoms with van der Waals surface area (Å²) in [7, 11) is 0. The molecule has 0 bridgehead atoms. The molecule has 0 spiro atoms. The van der Waals surface area contributed by atoms with Crippen LogP contribution in [0, 0.1) is 0 Å². The van der Waals surface area contributed by atoms with Crippen LogP contribution in [0.5, 0.6) is 0 Å². The van der Waals surface area contributed by atoms with Gasteiger partial charge < -0.3 is 20.5 Å². The van der Waals surface area contributed by atoms with Crippen molar-refractivity contribution in [2.24, 2.45) is 0 Å². The van der Waals surface area contributed by atoms with Crippen LogP contribution in [0.1, 0.15) is 62.0 Å². The fraction of sp³-hybridized carbons (Fsp3) is 0.706. The van der Waals surface area contributed by atoms with E-state index in [1.54, 1.807) is 5.38 Å². The van der Waals surface area contributed by atoms with Crippen LogP contribution in [0.2, 0.25) is 0 Å². The van der Waals surface area contributed by atoms with Gasteiger partial charge in [0.25, 0.3) is 5.91 Å². The fourth-order valence-corrected chi connectivity index (χ4v) is 3.42. The van der Waals surface area contributed by atoms with Crippen molar-refractivity contribution in [2.45, 2.75) is 70.6 Å². The summed E-state index contributed by atoms with van der Waals surface area (Å²) in [6, 6.07) is -0.194. The minimum Gasteiger partial charge on any atom is -0.444 e. The SMILES string of the molecule is CC(C)(C)OC(=O)NCCc1nc(C(=O)N[C@H]2CCCC[C@H]2O)cs1. The van der Waals surface area contributed by atoms with Gasteiger partial charge in [-0.05, 0) is 33.6 Å². The predicted octanol–water partition coefficient (Wildman–Crippen LogP) is 2.24. The number of nitrogens with zero attached hydrogens (tertiary/aromatic N) is 1. The van der Waals surface area contributed by atoms with Gasteiger partial charge in [0, 0.05) is 18.3 Å². The third-order valence-electron chi connectivity index (χ3n) is 3.84. The summed E-state index contributed by atoms with van der Waals surface area (Å²) in [5.41, 5.74) is -0.171. The molecule has 1 aromatic rings. The molecule has 0 aromatic carbocycles. The Bertz CT molecular complexity index is 597. The van der Waals surface area contributed by atoms with Gasteiger partial charge >= 0.3 is 6.09 Å². The molecule has 25 heavy (non-hydrogen) atoms. The summed E-state index contributed by atoms with van der Waals surface area (Å²) in [6.07, 6.45) is 3.12. The largest absolute Gasteiger partial charge is 0.444 e. The second-order valence-corrected chi connectivity index (χ2v) is 8.18. The number of thiazole rings is 1. The van der Waals surface area contributed by atoms with E-state index in [9.17, 15) is 14.7 Å². The average Bonchev–Trinajstić information content (AvgIpc) is 2.96. The monoisotopic (exact) mass is 369 g/mol. The number of hydrogen-bond acceptors (Lipinski definition) is 6. The molecule has 2 atom stereocenters. The Hall–Kier alpha value is -1.67. The van der Waals surface area contributed by atoms with E-state index < -0.39 is 17.8 Å². The van der Waals surface area contributed by atoms with Gasteiger partial charge in [-0.3, -0.25) is 4.79 Å². The molecular formula is C17H27N3O4S. The first-order valence-corrected chi connectivity index (χ1v) is 9.53. The zero-order valence-electron chi connectivity index (χ0n) is 15.0. The van der Waals surface area contributed by atoms with Crippen molar-refractivity contribution >= 4 is 23.3 Å². The highest BCUT2D eigenvalue weighted by atomic mass is 32.1. The lowest BCUT2D eigenvalue weighted by Crippen LogP contribution is -2.45. The van der Waals surface area contributed by atoms with Gasteiger partial charge in [-0.1, -0.05) is 12.8 Å². The molecular weight excluding hydrogens is 342 g/mol. The molecule has 2 amide bonds. The molecule has 1 aliphatic rings. The van der Waals surface area contributed by atoms with Crippen molar-refractivity contribution in [3.63, 3.8) is 0 Å². The predicted molar refractivity (Wildman–Crippen MR) is 95.8 cm³/mol. The quantitative estimate of drug-likeness (QED) is 0.739. The van der Waals surface area contributed by atoms with Crippen LogP contribution in [0.3, 0.4) is 0 Å². The number of nitrogens with one attached hydrogen (secondary N) is 2. The van der Waals surface area contributed by atoms with Crippen molar-refractivity contribution in [1.29, 1.82) is 0 Å². The maximum Gasteiger partial charge on any atom is 0.407 e. The Labute approximate surface area is 152 Å². The fourth-order valence-electron chi connectivity index (χ4n) is 2.64. The van der Waals surface area contributed by atoms with E-state index >= 15 is 0 Å². The van der Waals surface area contributed by atoms with E-state index in [1.165, 1.54) is 11.3 Å². The molecule has 0 radical (unpaired) electrons. The number of aliphatic hydroxyl groups excluding tert-OH is 1. The summed E-state index contributed by atoms with van der Waals surface area (Å²) < 4.78 is 5.16. The van der Waals surface area contributed by atoms with Crippen molar-refractivity contribution in [1.82, 2.24) is 15.6 Å². The number of alkyl carbamates (subject to hydrolysis) is 1. The minimum atomic E-state index is -0.528. The van der Waals surface area contributed by atoms with Gasteiger partial charge in [-0.15, -0.1) is 11.3 Å². The Morgan fingerprint density at radius 3 is 2.76 bits per heavy atom. The standard InChI is InChI=1S/C17H27N3O4S/c1-17(2,3)24-16(23)18-9-8-14-19-12(10-25-14)15(22)20-11-6-4-5-7-13(11)21/h10-11,13,21H,4-9H2,1-3H3,(H,18,23)(H,20,22)/t11-,13+/m0/s1. The van der Waals surface area contributed by atoms with Gasteiger partial charge in [-0.2, -0.15) is 0 Å². The molecule has 3 N–H and O–H groups in total. The third-order valence-corrected chi connectivity index (χ3v) is 4.75. The van der Waals surface area contributed by atoms with Crippen molar-refractivity contribution < 1.29 is 19.4 Å². The topological polar surface area (TPSA) is 101 Å². The number of aromatic nitrogens is 1. The van der Waals surface area contributed by atoms with Crippen molar-refractivity contribution in [2.75, 3.05) is 6.54 Å². The summed E-state index contributed by atoms with van der Waals surface area (Å²) in [5.74, 6) is -0.256. The highest BCUT2D eigenvalue weighted by Crippen LogP contribution is 2.19. The van der Waals surface area contributed by atoms with Crippen LogP contribution in [-0.4, -0.2) is 46.4 Å². The first kappa shape index (κ1) is 19.7. The second-order valence-electron chi connectivity index (χ2n) is 7.24. The van der Waals surface area contributed by atoms with E-state index in [2.05, 4.69) is 15.6 Å². The lowest BCUT2D eigenvalue weighted by atomic mass is 9.92. The summed E-state index contributed by atoms with van der Waals surface area (Å²) in [5, 5.41) is 17.9. The summed E-state index contributed by atoms with van der Waals surface area (Å²) in [4.78, 5) is 28.1. The van der Waals surface area contributed by atoms with E-state index in [1.807, 2.05) is 20.8 Å². The highest BCUT2D eigenvalue weighted by molar-refractivity contribution is 7.09. The summed E-state index contributed by atoms with van der Waals surface area (Å²) in [6.45, 7) is 5.81. The maximum absolute atomic E-state index is 12.2. The lowest BCUT2D eigenvalue weighted by Gasteiger charge is -2.27. The lowest BCUT2D eigenvalue weighted by molar-refractivity contribution is 0.0528. The Kier molecular flexibility index (Phi) is 6.78. The number of rotatable bonds is 5. The van der Waals surface area contributed by atoms with E-state index in [-0.39, 0.29) is 11.9 Å². The van der Waals surface area contributed by atoms with Crippen LogP contribution in [0.25, 0.3) is 0 Å². The van der Waals surface area contributed by atoms with Gasteiger partial charge in [0.1, 0.15) is 11.3 Å². The smallest absolute Gasteiger partial charge is 0.407 e. The molecule has 0 aliphatic heterocycles. The normalized spacial score (nSPS) is 20.8. The zero-order chi connectivity index (χ0) is 18.4. The molecule has 1 aromatic heterocycles.